The minimum absolute atomic E-state index is 0.0712. The molecule has 0 N–H and O–H groups in total. The van der Waals surface area contributed by atoms with Gasteiger partial charge in [0.05, 0.1) is 23.8 Å². The number of aromatic nitrogens is 1. The second kappa shape index (κ2) is 5.21. The highest BCUT2D eigenvalue weighted by molar-refractivity contribution is 6.06. The Labute approximate surface area is 118 Å². The molecule has 0 spiro atoms. The van der Waals surface area contributed by atoms with Crippen molar-refractivity contribution < 1.29 is 9.53 Å². The molecule has 2 aromatic rings. The number of carbonyl (C=O) groups is 1. The summed E-state index contributed by atoms with van der Waals surface area (Å²) < 4.78 is 5.50. The van der Waals surface area contributed by atoms with Crippen LogP contribution in [-0.2, 0) is 4.74 Å². The van der Waals surface area contributed by atoms with Gasteiger partial charge in [0.1, 0.15) is 0 Å². The molecule has 1 atom stereocenters. The maximum atomic E-state index is 12.8. The van der Waals surface area contributed by atoms with Gasteiger partial charge in [0.2, 0.25) is 0 Å². The Morgan fingerprint density at radius 2 is 2.20 bits per heavy atom. The van der Waals surface area contributed by atoms with E-state index in [0.29, 0.717) is 19.7 Å². The second-order valence-electron chi connectivity index (χ2n) is 5.26. The van der Waals surface area contributed by atoms with Crippen molar-refractivity contribution in [2.24, 2.45) is 0 Å². The van der Waals surface area contributed by atoms with Crippen LogP contribution in [0.5, 0.6) is 0 Å². The molecule has 1 unspecified atom stereocenters. The minimum atomic E-state index is 0.0712. The lowest BCUT2D eigenvalue weighted by Crippen LogP contribution is -2.44. The molecule has 4 nitrogen and oxygen atoms in total. The molecule has 0 bridgehead atoms. The van der Waals surface area contributed by atoms with E-state index in [1.807, 2.05) is 49.1 Å². The number of hydrogen-bond donors (Lipinski definition) is 0. The van der Waals surface area contributed by atoms with Gasteiger partial charge in [-0.2, -0.15) is 0 Å². The number of rotatable bonds is 1. The van der Waals surface area contributed by atoms with Crippen LogP contribution in [-0.4, -0.2) is 41.6 Å². The zero-order valence-electron chi connectivity index (χ0n) is 11.8. The number of para-hydroxylation sites is 1. The average molecular weight is 270 g/mol. The van der Waals surface area contributed by atoms with Gasteiger partial charge in [-0.15, -0.1) is 0 Å². The lowest BCUT2D eigenvalue weighted by molar-refractivity contribution is -0.0123. The van der Waals surface area contributed by atoms with Crippen LogP contribution in [0.15, 0.2) is 30.3 Å². The number of fused-ring (bicyclic) bond motifs is 1. The lowest BCUT2D eigenvalue weighted by Gasteiger charge is -2.31. The second-order valence-corrected chi connectivity index (χ2v) is 5.26. The molecule has 20 heavy (non-hydrogen) atoms. The lowest BCUT2D eigenvalue weighted by atomic mass is 10.1. The number of benzene rings is 1. The van der Waals surface area contributed by atoms with Crippen LogP contribution in [0.25, 0.3) is 10.9 Å². The smallest absolute Gasteiger partial charge is 0.254 e. The number of pyridine rings is 1. The first-order chi connectivity index (χ1) is 9.65. The largest absolute Gasteiger partial charge is 0.375 e. The van der Waals surface area contributed by atoms with E-state index >= 15 is 0 Å². The normalized spacial score (nSPS) is 19.3. The molecule has 1 amide bonds. The number of carbonyl (C=O) groups excluding carboxylic acids is 1. The van der Waals surface area contributed by atoms with Gasteiger partial charge in [-0.05, 0) is 26.0 Å². The van der Waals surface area contributed by atoms with Crippen LogP contribution < -0.4 is 0 Å². The van der Waals surface area contributed by atoms with Crippen LogP contribution in [0.1, 0.15) is 23.0 Å². The van der Waals surface area contributed by atoms with Crippen molar-refractivity contribution in [1.82, 2.24) is 9.88 Å². The van der Waals surface area contributed by atoms with E-state index in [4.69, 9.17) is 4.74 Å². The summed E-state index contributed by atoms with van der Waals surface area (Å²) in [6.45, 7) is 5.82. The van der Waals surface area contributed by atoms with E-state index in [1.54, 1.807) is 0 Å². The molecule has 0 saturated carbocycles. The molecule has 0 radical (unpaired) electrons. The van der Waals surface area contributed by atoms with Gasteiger partial charge in [-0.3, -0.25) is 9.78 Å². The maximum absolute atomic E-state index is 12.8. The molecule has 1 saturated heterocycles. The Balaban J connectivity index is 2.02. The fourth-order valence-electron chi connectivity index (χ4n) is 2.66. The third-order valence-corrected chi connectivity index (χ3v) is 3.60. The predicted octanol–water partition coefficient (Wildman–Crippen LogP) is 2.40. The van der Waals surface area contributed by atoms with Crippen LogP contribution in [0.3, 0.4) is 0 Å². The van der Waals surface area contributed by atoms with Gasteiger partial charge in [0.15, 0.2) is 0 Å². The molecule has 3 rings (SSSR count). The Morgan fingerprint density at radius 3 is 3.00 bits per heavy atom. The molecule has 0 aliphatic carbocycles. The van der Waals surface area contributed by atoms with E-state index in [0.717, 1.165) is 22.2 Å². The maximum Gasteiger partial charge on any atom is 0.254 e. The Kier molecular flexibility index (Phi) is 3.40. The van der Waals surface area contributed by atoms with E-state index < -0.39 is 0 Å². The molecular weight excluding hydrogens is 252 g/mol. The van der Waals surface area contributed by atoms with Gasteiger partial charge in [-0.1, -0.05) is 18.2 Å². The monoisotopic (exact) mass is 270 g/mol. The van der Waals surface area contributed by atoms with E-state index in [-0.39, 0.29) is 12.0 Å². The first-order valence-electron chi connectivity index (χ1n) is 6.92. The number of ether oxygens (including phenoxy) is 1. The summed E-state index contributed by atoms with van der Waals surface area (Å²) in [4.78, 5) is 19.1. The van der Waals surface area contributed by atoms with Crippen molar-refractivity contribution in [2.75, 3.05) is 19.7 Å². The number of aryl methyl sites for hydroxylation is 1. The molecule has 4 heteroatoms. The third-order valence-electron chi connectivity index (χ3n) is 3.60. The summed E-state index contributed by atoms with van der Waals surface area (Å²) in [5, 5.41) is 0.919. The van der Waals surface area contributed by atoms with Crippen molar-refractivity contribution in [3.05, 3.63) is 41.6 Å². The van der Waals surface area contributed by atoms with Crippen molar-refractivity contribution in [3.63, 3.8) is 0 Å². The Bertz CT molecular complexity index is 654. The number of amides is 1. The molecule has 1 aliphatic heterocycles. The van der Waals surface area contributed by atoms with Crippen molar-refractivity contribution >= 4 is 16.8 Å². The first-order valence-corrected chi connectivity index (χ1v) is 6.92. The highest BCUT2D eigenvalue weighted by Crippen LogP contribution is 2.20. The van der Waals surface area contributed by atoms with E-state index in [2.05, 4.69) is 4.98 Å². The highest BCUT2D eigenvalue weighted by Gasteiger charge is 2.24. The van der Waals surface area contributed by atoms with Gasteiger partial charge in [0.25, 0.3) is 5.91 Å². The number of morpholine rings is 1. The molecule has 1 aromatic heterocycles. The molecule has 1 aliphatic rings. The summed E-state index contributed by atoms with van der Waals surface area (Å²) in [6, 6.07) is 9.67. The van der Waals surface area contributed by atoms with Crippen LogP contribution in [0.4, 0.5) is 0 Å². The summed E-state index contributed by atoms with van der Waals surface area (Å²) in [7, 11) is 0. The molecule has 104 valence electrons. The van der Waals surface area contributed by atoms with Crippen molar-refractivity contribution in [1.29, 1.82) is 0 Å². The van der Waals surface area contributed by atoms with E-state index in [9.17, 15) is 4.79 Å². The van der Waals surface area contributed by atoms with Crippen LogP contribution >= 0.6 is 0 Å². The van der Waals surface area contributed by atoms with Gasteiger partial charge in [0, 0.05) is 24.2 Å². The third kappa shape index (κ3) is 2.39. The predicted molar refractivity (Wildman–Crippen MR) is 77.8 cm³/mol. The highest BCUT2D eigenvalue weighted by atomic mass is 16.5. The molecule has 1 aromatic carbocycles. The Morgan fingerprint density at radius 1 is 1.40 bits per heavy atom. The SMILES string of the molecule is Cc1cc(C(=O)N2CCOC(C)C2)c2ccccc2n1. The van der Waals surface area contributed by atoms with Crippen molar-refractivity contribution in [3.8, 4) is 0 Å². The topological polar surface area (TPSA) is 42.4 Å². The minimum Gasteiger partial charge on any atom is -0.375 e. The van der Waals surface area contributed by atoms with Gasteiger partial charge < -0.3 is 9.64 Å². The molecule has 1 fully saturated rings. The molecule has 2 heterocycles. The van der Waals surface area contributed by atoms with Crippen LogP contribution in [0.2, 0.25) is 0 Å². The summed E-state index contributed by atoms with van der Waals surface area (Å²) in [5.74, 6) is 0.0712. The summed E-state index contributed by atoms with van der Waals surface area (Å²) in [5.41, 5.74) is 2.48. The average Bonchev–Trinajstić information content (AvgIpc) is 2.45. The van der Waals surface area contributed by atoms with Gasteiger partial charge in [-0.25, -0.2) is 0 Å². The zero-order chi connectivity index (χ0) is 14.1. The molecular formula is C16H18N2O2. The Hall–Kier alpha value is -1.94. The van der Waals surface area contributed by atoms with E-state index in [1.165, 1.54) is 0 Å². The van der Waals surface area contributed by atoms with Gasteiger partial charge >= 0.3 is 0 Å². The van der Waals surface area contributed by atoms with Crippen molar-refractivity contribution in [2.45, 2.75) is 20.0 Å². The number of nitrogens with zero attached hydrogens (tertiary/aromatic N) is 2. The fourth-order valence-corrected chi connectivity index (χ4v) is 2.66. The summed E-state index contributed by atoms with van der Waals surface area (Å²) >= 11 is 0. The number of hydrogen-bond acceptors (Lipinski definition) is 3. The standard InChI is InChI=1S/C16H18N2O2/c1-11-9-14(13-5-3-4-6-15(13)17-11)16(19)18-7-8-20-12(2)10-18/h3-6,9,12H,7-8,10H2,1-2H3. The summed E-state index contributed by atoms with van der Waals surface area (Å²) in [6.07, 6.45) is 0.0990. The fraction of sp³-hybridized carbons (Fsp3) is 0.375. The quantitative estimate of drug-likeness (QED) is 0.799. The first kappa shape index (κ1) is 13.1. The zero-order valence-corrected chi connectivity index (χ0v) is 11.8. The van der Waals surface area contributed by atoms with Crippen LogP contribution in [0, 0.1) is 6.92 Å².